The van der Waals surface area contributed by atoms with Gasteiger partial charge in [-0.2, -0.15) is 0 Å². The highest BCUT2D eigenvalue weighted by Gasteiger charge is 2.54. The van der Waals surface area contributed by atoms with Gasteiger partial charge in [-0.1, -0.05) is 243 Å². The minimum Gasteiger partial charge on any atom is -0.310 e. The topological polar surface area (TPSA) is 6.48 Å². The van der Waals surface area contributed by atoms with Crippen LogP contribution in [-0.4, -0.2) is 0 Å². The lowest BCUT2D eigenvalue weighted by Crippen LogP contribution is -2.36. The number of hydrogen-bond acceptors (Lipinski definition) is 2. The van der Waals surface area contributed by atoms with Gasteiger partial charge in [0.15, 0.2) is 0 Å². The van der Waals surface area contributed by atoms with Gasteiger partial charge in [0.05, 0.1) is 33.6 Å². The van der Waals surface area contributed by atoms with E-state index in [4.69, 9.17) is 0 Å². The van der Waals surface area contributed by atoms with Gasteiger partial charge in [0, 0.05) is 22.5 Å². The van der Waals surface area contributed by atoms with Crippen molar-refractivity contribution in [2.24, 2.45) is 0 Å². The van der Waals surface area contributed by atoms with Crippen LogP contribution >= 0.6 is 0 Å². The Morgan fingerprint density at radius 1 is 0.237 bits per heavy atom. The molecule has 1 heterocycles. The number of para-hydroxylation sites is 3. The summed E-state index contributed by atoms with van der Waals surface area (Å²) in [5.74, 6) is 0. The molecule has 4 aliphatic rings. The standard InChI is InChI=1S/C74H48N2/c1-3-21-49(22-4-1)50-41-43-51(44-42-50)52-45-47-54(48-46-52)76(69-39-19-35-65-71(69)57-27-9-13-31-61(57)73(65)59-29-11-7-25-55(59)56-26-8-12-30-60(56)73)70-40-20-36-66-72(70)58-28-10-14-32-62(58)74(66)63-33-15-17-37-67(63)75(53-23-5-2-6-24-53)68-38-18-16-34-64(68)74/h1-48H. The fourth-order valence-electron chi connectivity index (χ4n) is 14.2. The maximum atomic E-state index is 2.59. The number of benzene rings is 12. The molecule has 0 radical (unpaired) electrons. The molecule has 12 aromatic carbocycles. The summed E-state index contributed by atoms with van der Waals surface area (Å²) < 4.78 is 0. The second kappa shape index (κ2) is 16.4. The largest absolute Gasteiger partial charge is 0.310 e. The normalized spacial score (nSPS) is 14.0. The first-order valence-corrected chi connectivity index (χ1v) is 26.5. The number of nitrogens with zero attached hydrogens (tertiary/aromatic N) is 2. The first-order chi connectivity index (χ1) is 37.7. The molecule has 0 unspecified atom stereocenters. The van der Waals surface area contributed by atoms with Gasteiger partial charge in [-0.3, -0.25) is 0 Å². The van der Waals surface area contributed by atoms with Gasteiger partial charge in [-0.05, 0) is 138 Å². The van der Waals surface area contributed by atoms with E-state index in [1.807, 2.05) is 0 Å². The molecule has 0 bridgehead atoms. The summed E-state index contributed by atoms with van der Waals surface area (Å²) in [5.41, 5.74) is 28.6. The van der Waals surface area contributed by atoms with Crippen LogP contribution in [0.5, 0.6) is 0 Å². The highest BCUT2D eigenvalue weighted by Crippen LogP contribution is 2.68. The molecule has 76 heavy (non-hydrogen) atoms. The summed E-state index contributed by atoms with van der Waals surface area (Å²) in [7, 11) is 0. The number of fused-ring (bicyclic) bond motifs is 19. The van der Waals surface area contributed by atoms with E-state index in [1.165, 1.54) is 112 Å². The van der Waals surface area contributed by atoms with Gasteiger partial charge < -0.3 is 9.80 Å². The average Bonchev–Trinajstić information content (AvgIpc) is 4.31. The Labute approximate surface area is 443 Å². The van der Waals surface area contributed by atoms with Crippen molar-refractivity contribution in [2.45, 2.75) is 10.8 Å². The minimum atomic E-state index is -0.617. The van der Waals surface area contributed by atoms with Crippen molar-refractivity contribution in [1.29, 1.82) is 0 Å². The van der Waals surface area contributed by atoms with E-state index < -0.39 is 10.8 Å². The number of rotatable bonds is 6. The van der Waals surface area contributed by atoms with Crippen molar-refractivity contribution in [3.05, 3.63) is 336 Å². The Hall–Kier alpha value is -9.76. The van der Waals surface area contributed by atoms with Gasteiger partial charge in [0.25, 0.3) is 0 Å². The third-order valence-electron chi connectivity index (χ3n) is 17.1. The first-order valence-electron chi connectivity index (χ1n) is 26.5. The van der Waals surface area contributed by atoms with Crippen LogP contribution in [0.15, 0.2) is 291 Å². The van der Waals surface area contributed by atoms with Crippen molar-refractivity contribution in [3.8, 4) is 55.6 Å². The van der Waals surface area contributed by atoms with Crippen LogP contribution in [0.4, 0.5) is 34.1 Å². The smallest absolute Gasteiger partial charge is 0.0755 e. The third-order valence-corrected chi connectivity index (χ3v) is 17.1. The Morgan fingerprint density at radius 2 is 0.566 bits per heavy atom. The molecule has 0 saturated carbocycles. The molecule has 0 aromatic heterocycles. The highest BCUT2D eigenvalue weighted by atomic mass is 15.2. The fourth-order valence-corrected chi connectivity index (χ4v) is 14.2. The van der Waals surface area contributed by atoms with Gasteiger partial charge >= 0.3 is 0 Å². The van der Waals surface area contributed by atoms with Crippen LogP contribution in [0.25, 0.3) is 55.6 Å². The molecule has 0 amide bonds. The first kappa shape index (κ1) is 42.7. The lowest BCUT2D eigenvalue weighted by molar-refractivity contribution is 0.752. The summed E-state index contributed by atoms with van der Waals surface area (Å²) in [6, 6.07) is 109. The lowest BCUT2D eigenvalue weighted by Gasteiger charge is -2.45. The van der Waals surface area contributed by atoms with Crippen LogP contribution < -0.4 is 9.80 Å². The maximum absolute atomic E-state index is 2.59. The molecular formula is C74H48N2. The zero-order valence-electron chi connectivity index (χ0n) is 41.6. The molecule has 2 nitrogen and oxygen atoms in total. The summed E-state index contributed by atoms with van der Waals surface area (Å²) in [6.45, 7) is 0. The minimum absolute atomic E-state index is 0.494. The quantitative estimate of drug-likeness (QED) is 0.164. The zero-order valence-corrected chi connectivity index (χ0v) is 41.6. The van der Waals surface area contributed by atoms with Gasteiger partial charge in [0.2, 0.25) is 0 Å². The summed E-state index contributed by atoms with van der Waals surface area (Å²) in [5, 5.41) is 0. The molecule has 2 heteroatoms. The SMILES string of the molecule is c1ccc(-c2ccc(-c3ccc(N(c4cccc5c4-c4ccccc4C54c5ccccc5-c5ccccc54)c4cccc5c4-c4ccccc4C54c5ccccc5N(c5ccccc5)c5ccccc54)cc3)cc2)cc1. The zero-order chi connectivity index (χ0) is 50.0. The highest BCUT2D eigenvalue weighted by molar-refractivity contribution is 6.05. The third kappa shape index (κ3) is 5.70. The second-order valence-corrected chi connectivity index (χ2v) is 20.6. The lowest BCUT2D eigenvalue weighted by atomic mass is 9.64. The molecule has 354 valence electrons. The van der Waals surface area contributed by atoms with E-state index >= 15 is 0 Å². The summed E-state index contributed by atoms with van der Waals surface area (Å²) in [6.07, 6.45) is 0. The molecular weight excluding hydrogens is 917 g/mol. The number of anilines is 6. The number of hydrogen-bond donors (Lipinski definition) is 0. The predicted octanol–water partition coefficient (Wildman–Crippen LogP) is 19.0. The molecule has 0 saturated heterocycles. The Morgan fingerprint density at radius 3 is 1.04 bits per heavy atom. The summed E-state index contributed by atoms with van der Waals surface area (Å²) >= 11 is 0. The van der Waals surface area contributed by atoms with Gasteiger partial charge in [0.1, 0.15) is 0 Å². The molecule has 1 aliphatic heterocycles. The van der Waals surface area contributed by atoms with E-state index in [-0.39, 0.29) is 0 Å². The van der Waals surface area contributed by atoms with Crippen LogP contribution in [-0.2, 0) is 10.8 Å². The summed E-state index contributed by atoms with van der Waals surface area (Å²) in [4.78, 5) is 5.05. The van der Waals surface area contributed by atoms with Gasteiger partial charge in [-0.15, -0.1) is 0 Å². The molecule has 2 spiro atoms. The second-order valence-electron chi connectivity index (χ2n) is 20.6. The molecule has 12 aromatic rings. The van der Waals surface area contributed by atoms with Crippen molar-refractivity contribution in [1.82, 2.24) is 0 Å². The van der Waals surface area contributed by atoms with Crippen LogP contribution in [0.1, 0.15) is 44.5 Å². The van der Waals surface area contributed by atoms with E-state index in [2.05, 4.69) is 301 Å². The Bertz CT molecular complexity index is 4190. The maximum Gasteiger partial charge on any atom is 0.0755 e. The Kier molecular flexibility index (Phi) is 9.20. The average molecular weight is 965 g/mol. The van der Waals surface area contributed by atoms with Crippen LogP contribution in [0, 0.1) is 0 Å². The molecule has 3 aliphatic carbocycles. The van der Waals surface area contributed by atoms with E-state index in [0.29, 0.717) is 0 Å². The van der Waals surface area contributed by atoms with E-state index in [1.54, 1.807) is 0 Å². The van der Waals surface area contributed by atoms with Crippen LogP contribution in [0.2, 0.25) is 0 Å². The van der Waals surface area contributed by atoms with Crippen molar-refractivity contribution >= 4 is 34.1 Å². The van der Waals surface area contributed by atoms with Crippen molar-refractivity contribution < 1.29 is 0 Å². The van der Waals surface area contributed by atoms with E-state index in [0.717, 1.165) is 22.7 Å². The Balaban J connectivity index is 0.963. The fraction of sp³-hybridized carbons (Fsp3) is 0.0270. The predicted molar refractivity (Wildman–Crippen MR) is 314 cm³/mol. The van der Waals surface area contributed by atoms with E-state index in [9.17, 15) is 0 Å². The molecule has 16 rings (SSSR count). The molecule has 0 fully saturated rings. The van der Waals surface area contributed by atoms with Gasteiger partial charge in [-0.25, -0.2) is 0 Å². The molecule has 0 N–H and O–H groups in total. The molecule has 0 atom stereocenters. The van der Waals surface area contributed by atoms with Crippen molar-refractivity contribution in [2.75, 3.05) is 9.80 Å². The van der Waals surface area contributed by atoms with Crippen molar-refractivity contribution in [3.63, 3.8) is 0 Å². The van der Waals surface area contributed by atoms with Crippen LogP contribution in [0.3, 0.4) is 0 Å². The monoisotopic (exact) mass is 964 g/mol.